The van der Waals surface area contributed by atoms with Gasteiger partial charge in [-0.25, -0.2) is 16.8 Å². The lowest BCUT2D eigenvalue weighted by Gasteiger charge is -2.04. The lowest BCUT2D eigenvalue weighted by molar-refractivity contribution is 0.346. The van der Waals surface area contributed by atoms with Gasteiger partial charge in [0.1, 0.15) is 9.84 Å². The summed E-state index contributed by atoms with van der Waals surface area (Å²) in [5.41, 5.74) is 5.79. The zero-order valence-corrected chi connectivity index (χ0v) is 12.7. The Kier molecular flexibility index (Phi) is 4.17. The SMILES string of the molecule is CS(=O)(=O)CCC(N)c1nc(C2CCS(=O)(=O)C2)no1. The van der Waals surface area contributed by atoms with Crippen molar-refractivity contribution in [2.24, 2.45) is 5.73 Å². The van der Waals surface area contributed by atoms with Gasteiger partial charge in [0.05, 0.1) is 23.3 Å². The van der Waals surface area contributed by atoms with Crippen molar-refractivity contribution in [3.8, 4) is 0 Å². The molecule has 2 atom stereocenters. The van der Waals surface area contributed by atoms with E-state index in [9.17, 15) is 16.8 Å². The van der Waals surface area contributed by atoms with E-state index in [-0.39, 0.29) is 35.5 Å². The molecule has 0 spiro atoms. The molecule has 0 aromatic carbocycles. The van der Waals surface area contributed by atoms with Gasteiger partial charge in [-0.05, 0) is 12.8 Å². The smallest absolute Gasteiger partial charge is 0.243 e. The molecular formula is C10H17N3O5S2. The van der Waals surface area contributed by atoms with E-state index in [1.54, 1.807) is 0 Å². The van der Waals surface area contributed by atoms with Crippen molar-refractivity contribution in [2.45, 2.75) is 24.8 Å². The Bertz CT molecular complexity index is 680. The second kappa shape index (κ2) is 5.41. The number of hydrogen-bond donors (Lipinski definition) is 1. The summed E-state index contributed by atoms with van der Waals surface area (Å²) in [6.45, 7) is 0. The van der Waals surface area contributed by atoms with Crippen molar-refractivity contribution in [3.63, 3.8) is 0 Å². The highest BCUT2D eigenvalue weighted by Gasteiger charge is 2.32. The van der Waals surface area contributed by atoms with Crippen LogP contribution in [0, 0.1) is 0 Å². The molecule has 8 nitrogen and oxygen atoms in total. The molecule has 0 bridgehead atoms. The van der Waals surface area contributed by atoms with Gasteiger partial charge >= 0.3 is 0 Å². The van der Waals surface area contributed by atoms with Crippen LogP contribution < -0.4 is 5.73 Å². The molecule has 1 aliphatic rings. The standard InChI is InChI=1S/C10H17N3O5S2/c1-19(14,15)4-3-8(11)10-12-9(13-18-10)7-2-5-20(16,17)6-7/h7-8H,2-6,11H2,1H3. The average Bonchev–Trinajstić information content (AvgIpc) is 2.91. The van der Waals surface area contributed by atoms with Gasteiger partial charge < -0.3 is 10.3 Å². The van der Waals surface area contributed by atoms with Crippen molar-refractivity contribution in [1.82, 2.24) is 10.1 Å². The van der Waals surface area contributed by atoms with E-state index < -0.39 is 25.7 Å². The van der Waals surface area contributed by atoms with Crippen molar-refractivity contribution >= 4 is 19.7 Å². The van der Waals surface area contributed by atoms with Crippen molar-refractivity contribution < 1.29 is 21.4 Å². The number of sulfone groups is 2. The lowest BCUT2D eigenvalue weighted by atomic mass is 10.1. The largest absolute Gasteiger partial charge is 0.338 e. The predicted octanol–water partition coefficient (Wildman–Crippen LogP) is -0.594. The van der Waals surface area contributed by atoms with Crippen molar-refractivity contribution in [3.05, 3.63) is 11.7 Å². The number of rotatable bonds is 5. The van der Waals surface area contributed by atoms with Crippen molar-refractivity contribution in [1.29, 1.82) is 0 Å². The summed E-state index contributed by atoms with van der Waals surface area (Å²) in [6.07, 6.45) is 1.78. The highest BCUT2D eigenvalue weighted by atomic mass is 32.2. The summed E-state index contributed by atoms with van der Waals surface area (Å²) in [5.74, 6) is 0.291. The minimum absolute atomic E-state index is 0.0184. The van der Waals surface area contributed by atoms with Gasteiger partial charge in [0.2, 0.25) is 5.89 Å². The predicted molar refractivity (Wildman–Crippen MR) is 71.6 cm³/mol. The first kappa shape index (κ1) is 15.4. The highest BCUT2D eigenvalue weighted by molar-refractivity contribution is 7.91. The van der Waals surface area contributed by atoms with E-state index >= 15 is 0 Å². The normalized spacial score (nSPS) is 23.8. The van der Waals surface area contributed by atoms with Gasteiger partial charge in [0, 0.05) is 12.2 Å². The van der Waals surface area contributed by atoms with Crippen LogP contribution in [0.1, 0.15) is 36.5 Å². The maximum atomic E-state index is 11.4. The summed E-state index contributed by atoms with van der Waals surface area (Å²) < 4.78 is 49.9. The number of aromatic nitrogens is 2. The minimum Gasteiger partial charge on any atom is -0.338 e. The summed E-state index contributed by atoms with van der Waals surface area (Å²) in [4.78, 5) is 4.10. The monoisotopic (exact) mass is 323 g/mol. The molecule has 0 radical (unpaired) electrons. The molecule has 2 unspecified atom stereocenters. The molecule has 2 rings (SSSR count). The Labute approximate surface area is 117 Å². The Morgan fingerprint density at radius 2 is 2.20 bits per heavy atom. The third kappa shape index (κ3) is 4.00. The van der Waals surface area contributed by atoms with Crippen LogP contribution in [0.4, 0.5) is 0 Å². The van der Waals surface area contributed by atoms with Gasteiger partial charge in [-0.15, -0.1) is 0 Å². The van der Waals surface area contributed by atoms with E-state index in [4.69, 9.17) is 10.3 Å². The van der Waals surface area contributed by atoms with Crippen LogP contribution in [0.15, 0.2) is 4.52 Å². The zero-order chi connectivity index (χ0) is 15.0. The summed E-state index contributed by atoms with van der Waals surface area (Å²) in [5, 5.41) is 3.75. The fraction of sp³-hybridized carbons (Fsp3) is 0.800. The maximum Gasteiger partial charge on any atom is 0.243 e. The number of nitrogens with zero attached hydrogens (tertiary/aromatic N) is 2. The van der Waals surface area contributed by atoms with E-state index in [1.165, 1.54) is 0 Å². The summed E-state index contributed by atoms with van der Waals surface area (Å²) in [7, 11) is -6.12. The quantitative estimate of drug-likeness (QED) is 0.759. The molecule has 0 amide bonds. The Hall–Kier alpha value is -1.00. The fourth-order valence-electron chi connectivity index (χ4n) is 2.03. The van der Waals surface area contributed by atoms with E-state index in [0.29, 0.717) is 12.2 Å². The molecule has 1 fully saturated rings. The van der Waals surface area contributed by atoms with Gasteiger partial charge in [-0.1, -0.05) is 5.16 Å². The van der Waals surface area contributed by atoms with Crippen LogP contribution in [0.3, 0.4) is 0 Å². The van der Waals surface area contributed by atoms with E-state index in [0.717, 1.165) is 6.26 Å². The van der Waals surface area contributed by atoms with Crippen LogP contribution in [0.5, 0.6) is 0 Å². The Morgan fingerprint density at radius 1 is 1.50 bits per heavy atom. The average molecular weight is 323 g/mol. The third-order valence-electron chi connectivity index (χ3n) is 3.17. The maximum absolute atomic E-state index is 11.4. The van der Waals surface area contributed by atoms with Gasteiger partial charge in [0.25, 0.3) is 0 Å². The van der Waals surface area contributed by atoms with Gasteiger partial charge in [0.15, 0.2) is 15.7 Å². The second-order valence-electron chi connectivity index (χ2n) is 5.12. The number of nitrogens with two attached hydrogens (primary N) is 1. The van der Waals surface area contributed by atoms with Gasteiger partial charge in [-0.3, -0.25) is 0 Å². The van der Waals surface area contributed by atoms with E-state index in [1.807, 2.05) is 0 Å². The van der Waals surface area contributed by atoms with Gasteiger partial charge in [-0.2, -0.15) is 4.98 Å². The molecule has 10 heteroatoms. The summed E-state index contributed by atoms with van der Waals surface area (Å²) >= 11 is 0. The van der Waals surface area contributed by atoms with Crippen LogP contribution in [-0.4, -0.2) is 50.5 Å². The van der Waals surface area contributed by atoms with Crippen molar-refractivity contribution in [2.75, 3.05) is 23.5 Å². The highest BCUT2D eigenvalue weighted by Crippen LogP contribution is 2.27. The molecule has 0 saturated carbocycles. The molecule has 20 heavy (non-hydrogen) atoms. The Balaban J connectivity index is 2.02. The second-order valence-corrected chi connectivity index (χ2v) is 9.60. The molecule has 1 aromatic rings. The molecule has 0 aliphatic carbocycles. The molecule has 1 aliphatic heterocycles. The van der Waals surface area contributed by atoms with E-state index in [2.05, 4.69) is 10.1 Å². The molecular weight excluding hydrogens is 306 g/mol. The van der Waals surface area contributed by atoms with Crippen LogP contribution >= 0.6 is 0 Å². The van der Waals surface area contributed by atoms with Crippen LogP contribution in [0.25, 0.3) is 0 Å². The lowest BCUT2D eigenvalue weighted by Crippen LogP contribution is -2.16. The minimum atomic E-state index is -3.10. The molecule has 114 valence electrons. The number of hydrogen-bond acceptors (Lipinski definition) is 8. The molecule has 2 N–H and O–H groups in total. The first-order valence-electron chi connectivity index (χ1n) is 6.13. The molecule has 2 heterocycles. The fourth-order valence-corrected chi connectivity index (χ4v) is 4.45. The van der Waals surface area contributed by atoms with Crippen LogP contribution in [-0.2, 0) is 19.7 Å². The molecule has 1 aromatic heterocycles. The first-order chi connectivity index (χ1) is 9.16. The molecule has 1 saturated heterocycles. The third-order valence-corrected chi connectivity index (χ3v) is 5.92. The first-order valence-corrected chi connectivity index (χ1v) is 10.0. The Morgan fingerprint density at radius 3 is 2.75 bits per heavy atom. The van der Waals surface area contributed by atoms with Crippen LogP contribution in [0.2, 0.25) is 0 Å². The summed E-state index contributed by atoms with van der Waals surface area (Å²) in [6, 6.07) is -0.663. The topological polar surface area (TPSA) is 133 Å². The zero-order valence-electron chi connectivity index (χ0n) is 11.0.